The van der Waals surface area contributed by atoms with E-state index < -0.39 is 33.5 Å². The summed E-state index contributed by atoms with van der Waals surface area (Å²) in [5, 5.41) is 31.6. The van der Waals surface area contributed by atoms with Crippen molar-refractivity contribution >= 4 is 11.4 Å². The van der Waals surface area contributed by atoms with Crippen molar-refractivity contribution < 1.29 is 18.9 Å². The molecule has 0 amide bonds. The van der Waals surface area contributed by atoms with E-state index in [1.165, 1.54) is 13.8 Å². The van der Waals surface area contributed by atoms with Gasteiger partial charge in [-0.3, -0.25) is 20.2 Å². The zero-order valence-electron chi connectivity index (χ0n) is 18.3. The Morgan fingerprint density at radius 3 is 1.32 bits per heavy atom. The molecule has 34 heavy (non-hydrogen) atoms. The third kappa shape index (κ3) is 3.26. The second-order valence-electron chi connectivity index (χ2n) is 8.40. The minimum atomic E-state index is -0.499. The molecule has 0 aliphatic heterocycles. The molecule has 2 heterocycles. The average Bonchev–Trinajstić information content (AvgIpc) is 3.37. The summed E-state index contributed by atoms with van der Waals surface area (Å²) in [6.45, 7) is 3.06. The highest BCUT2D eigenvalue weighted by atomic mass is 16.6. The van der Waals surface area contributed by atoms with Crippen molar-refractivity contribution in [3.63, 3.8) is 0 Å². The van der Waals surface area contributed by atoms with E-state index in [0.717, 1.165) is 11.1 Å². The fourth-order valence-electron chi connectivity index (χ4n) is 5.23. The van der Waals surface area contributed by atoms with Crippen LogP contribution >= 0.6 is 0 Å². The van der Waals surface area contributed by atoms with Gasteiger partial charge < -0.3 is 9.05 Å². The Bertz CT molecular complexity index is 1250. The molecule has 172 valence electrons. The lowest BCUT2D eigenvalue weighted by molar-refractivity contribution is -0.387. The molecule has 1 aliphatic rings. The van der Waals surface area contributed by atoms with Crippen molar-refractivity contribution in [1.82, 2.24) is 10.3 Å². The molecule has 0 atom stereocenters. The summed E-state index contributed by atoms with van der Waals surface area (Å²) in [6.07, 6.45) is 0. The van der Waals surface area contributed by atoms with Gasteiger partial charge in [0.2, 0.25) is 11.5 Å². The Kier molecular flexibility index (Phi) is 5.20. The smallest absolute Gasteiger partial charge is 0.334 e. The lowest BCUT2D eigenvalue weighted by Gasteiger charge is -2.49. The van der Waals surface area contributed by atoms with Crippen LogP contribution in [0.5, 0.6) is 0 Å². The summed E-state index contributed by atoms with van der Waals surface area (Å²) in [7, 11) is 0. The molecule has 0 unspecified atom stereocenters. The molecule has 0 N–H and O–H groups in total. The van der Waals surface area contributed by atoms with E-state index in [9.17, 15) is 20.2 Å². The fraction of sp³-hybridized carbons (Fsp3) is 0.250. The van der Waals surface area contributed by atoms with Gasteiger partial charge in [-0.1, -0.05) is 71.0 Å². The molecule has 0 saturated heterocycles. The minimum Gasteiger partial charge on any atom is -0.353 e. The normalized spacial score (nSPS) is 21.7. The van der Waals surface area contributed by atoms with Gasteiger partial charge in [-0.25, -0.2) is 0 Å². The molecule has 0 bridgehead atoms. The van der Waals surface area contributed by atoms with Gasteiger partial charge in [0.1, 0.15) is 0 Å². The van der Waals surface area contributed by atoms with Crippen LogP contribution < -0.4 is 0 Å². The number of hydrogen-bond donors (Lipinski definition) is 0. The number of rotatable bonds is 6. The van der Waals surface area contributed by atoms with Crippen molar-refractivity contribution in [2.75, 3.05) is 0 Å². The first kappa shape index (κ1) is 21.5. The Labute approximate surface area is 193 Å². The number of nitro groups is 2. The quantitative estimate of drug-likeness (QED) is 0.270. The summed E-state index contributed by atoms with van der Waals surface area (Å²) in [5.41, 5.74) is 1.74. The molecule has 5 rings (SSSR count). The lowest BCUT2D eigenvalue weighted by Crippen LogP contribution is -2.40. The van der Waals surface area contributed by atoms with E-state index >= 15 is 0 Å². The summed E-state index contributed by atoms with van der Waals surface area (Å²) in [6, 6.07) is 18.8. The first-order valence-electron chi connectivity index (χ1n) is 10.7. The van der Waals surface area contributed by atoms with Crippen molar-refractivity contribution in [1.29, 1.82) is 0 Å². The van der Waals surface area contributed by atoms with Crippen molar-refractivity contribution in [2.45, 2.75) is 37.5 Å². The van der Waals surface area contributed by atoms with Gasteiger partial charge in [0.05, 0.1) is 9.85 Å². The zero-order valence-corrected chi connectivity index (χ0v) is 18.3. The van der Waals surface area contributed by atoms with E-state index in [1.807, 2.05) is 60.7 Å². The summed E-state index contributed by atoms with van der Waals surface area (Å²) < 4.78 is 11.1. The van der Waals surface area contributed by atoms with Crippen LogP contribution in [-0.2, 0) is 0 Å². The van der Waals surface area contributed by atoms with Gasteiger partial charge in [0, 0.05) is 23.7 Å². The van der Waals surface area contributed by atoms with Crippen LogP contribution in [-0.4, -0.2) is 20.2 Å². The van der Waals surface area contributed by atoms with Crippen LogP contribution in [0.3, 0.4) is 0 Å². The van der Waals surface area contributed by atoms with Gasteiger partial charge in [-0.2, -0.15) is 0 Å². The zero-order chi connectivity index (χ0) is 24.0. The predicted octanol–water partition coefficient (Wildman–Crippen LogP) is 5.54. The first-order valence-corrected chi connectivity index (χ1v) is 10.7. The van der Waals surface area contributed by atoms with Gasteiger partial charge in [-0.05, 0) is 25.0 Å². The van der Waals surface area contributed by atoms with E-state index in [-0.39, 0.29) is 34.3 Å². The Morgan fingerprint density at radius 1 is 0.647 bits per heavy atom. The average molecular weight is 460 g/mol. The largest absolute Gasteiger partial charge is 0.353 e. The molecule has 1 saturated carbocycles. The van der Waals surface area contributed by atoms with E-state index in [4.69, 9.17) is 9.05 Å². The van der Waals surface area contributed by atoms with E-state index in [0.29, 0.717) is 0 Å². The molecule has 10 heteroatoms. The van der Waals surface area contributed by atoms with Gasteiger partial charge in [0.25, 0.3) is 0 Å². The first-order chi connectivity index (χ1) is 16.4. The van der Waals surface area contributed by atoms with Gasteiger partial charge in [0.15, 0.2) is 11.4 Å². The number of hydrogen-bond acceptors (Lipinski definition) is 8. The SMILES string of the molecule is Cc1noc(C2C(c3ccccc3)C(c3onc(C)c3[N+](=O)[O-])C2c2ccccc2)c1[N+](=O)[O-]. The van der Waals surface area contributed by atoms with Crippen molar-refractivity contribution in [3.05, 3.63) is 115 Å². The highest BCUT2D eigenvalue weighted by molar-refractivity contribution is 5.54. The highest BCUT2D eigenvalue weighted by Gasteiger charge is 2.60. The fourth-order valence-corrected chi connectivity index (χ4v) is 5.23. The number of benzene rings is 2. The molecule has 10 nitrogen and oxygen atoms in total. The number of nitrogens with zero attached hydrogens (tertiary/aromatic N) is 4. The summed E-state index contributed by atoms with van der Waals surface area (Å²) in [5.74, 6) is -1.49. The van der Waals surface area contributed by atoms with Crippen LogP contribution in [0, 0.1) is 34.1 Å². The van der Waals surface area contributed by atoms with Crippen LogP contribution in [0.25, 0.3) is 0 Å². The van der Waals surface area contributed by atoms with Crippen molar-refractivity contribution in [2.24, 2.45) is 0 Å². The van der Waals surface area contributed by atoms with E-state index in [2.05, 4.69) is 10.3 Å². The highest BCUT2D eigenvalue weighted by Crippen LogP contribution is 2.68. The van der Waals surface area contributed by atoms with Gasteiger partial charge >= 0.3 is 11.4 Å². The maximum Gasteiger partial charge on any atom is 0.334 e. The molecular weight excluding hydrogens is 440 g/mol. The number of aromatic nitrogens is 2. The predicted molar refractivity (Wildman–Crippen MR) is 120 cm³/mol. The molecule has 1 fully saturated rings. The molecule has 2 aromatic heterocycles. The summed E-state index contributed by atoms with van der Waals surface area (Å²) in [4.78, 5) is 22.9. The Hall–Kier alpha value is -4.34. The van der Waals surface area contributed by atoms with Crippen molar-refractivity contribution in [3.8, 4) is 0 Å². The van der Waals surface area contributed by atoms with E-state index in [1.54, 1.807) is 0 Å². The molecule has 4 aromatic rings. The molecule has 0 spiro atoms. The second kappa shape index (κ2) is 8.22. The standard InChI is InChI=1S/C24H20N4O6/c1-13-21(27(29)30)23(33-25-13)19-17(15-9-5-3-6-10-15)20(18(19)16-11-7-4-8-12-16)24-22(28(31)32)14(2)26-34-24/h3-12,17-20H,1-2H3. The minimum absolute atomic E-state index is 0.153. The monoisotopic (exact) mass is 460 g/mol. The molecule has 2 aromatic carbocycles. The lowest BCUT2D eigenvalue weighted by atomic mass is 9.51. The third-order valence-corrected chi connectivity index (χ3v) is 6.60. The van der Waals surface area contributed by atoms with Crippen LogP contribution in [0.15, 0.2) is 69.7 Å². The Morgan fingerprint density at radius 2 is 1.00 bits per heavy atom. The maximum atomic E-state index is 11.9. The summed E-state index contributed by atoms with van der Waals surface area (Å²) >= 11 is 0. The number of aryl methyl sites for hydroxylation is 2. The molecule has 0 radical (unpaired) electrons. The maximum absolute atomic E-state index is 11.9. The third-order valence-electron chi connectivity index (χ3n) is 6.60. The van der Waals surface area contributed by atoms with Crippen LogP contribution in [0.2, 0.25) is 0 Å². The van der Waals surface area contributed by atoms with Crippen LogP contribution in [0.1, 0.15) is 57.7 Å². The van der Waals surface area contributed by atoms with Gasteiger partial charge in [-0.15, -0.1) is 0 Å². The molecular formula is C24H20N4O6. The Balaban J connectivity index is 1.76. The van der Waals surface area contributed by atoms with Crippen LogP contribution in [0.4, 0.5) is 11.4 Å². The topological polar surface area (TPSA) is 138 Å². The second-order valence-corrected chi connectivity index (χ2v) is 8.40. The molecule has 1 aliphatic carbocycles.